The minimum atomic E-state index is -0.566. The zero-order chi connectivity index (χ0) is 19.9. The van der Waals surface area contributed by atoms with Crippen molar-refractivity contribution in [2.24, 2.45) is 16.6 Å². The smallest absolute Gasteiger partial charge is 0.284 e. The highest BCUT2D eigenvalue weighted by atomic mass is 32.1. The van der Waals surface area contributed by atoms with Gasteiger partial charge in [-0.05, 0) is 55.4 Å². The third kappa shape index (κ3) is 5.36. The lowest BCUT2D eigenvalue weighted by Gasteiger charge is -2.36. The minimum Gasteiger partial charge on any atom is -0.454 e. The molecule has 1 atom stereocenters. The van der Waals surface area contributed by atoms with Crippen molar-refractivity contribution in [3.8, 4) is 0 Å². The molecule has 1 unspecified atom stereocenters. The molecule has 28 heavy (non-hydrogen) atoms. The number of furan rings is 1. The van der Waals surface area contributed by atoms with Gasteiger partial charge in [-0.15, -0.1) is 11.3 Å². The molecule has 1 amide bonds. The molecular weight excluding hydrogens is 374 g/mol. The van der Waals surface area contributed by atoms with Crippen LogP contribution in [0.25, 0.3) is 0 Å². The van der Waals surface area contributed by atoms with Crippen molar-refractivity contribution in [2.75, 3.05) is 26.7 Å². The first-order valence-corrected chi connectivity index (χ1v) is 10.5. The highest BCUT2D eigenvalue weighted by molar-refractivity contribution is 7.10. The Kier molecular flexibility index (Phi) is 7.11. The van der Waals surface area contributed by atoms with Crippen LogP contribution >= 0.6 is 11.3 Å². The van der Waals surface area contributed by atoms with E-state index in [1.54, 1.807) is 30.5 Å². The number of nitrogens with zero attached hydrogens (tertiary/aromatic N) is 2. The first-order chi connectivity index (χ1) is 13.6. The molecule has 1 fully saturated rings. The van der Waals surface area contributed by atoms with E-state index in [1.165, 1.54) is 17.7 Å². The number of guanidine groups is 1. The van der Waals surface area contributed by atoms with Crippen molar-refractivity contribution in [3.63, 3.8) is 0 Å². The van der Waals surface area contributed by atoms with Gasteiger partial charge in [0.1, 0.15) is 5.76 Å². The second-order valence-electron chi connectivity index (χ2n) is 7.19. The van der Waals surface area contributed by atoms with Gasteiger partial charge in [0.25, 0.3) is 5.91 Å². The van der Waals surface area contributed by atoms with Crippen molar-refractivity contribution in [3.05, 3.63) is 46.0 Å². The molecule has 152 valence electrons. The lowest BCUT2D eigenvalue weighted by atomic mass is 9.97. The molecule has 8 heteroatoms. The number of primary amides is 1. The summed E-state index contributed by atoms with van der Waals surface area (Å²) < 4.78 is 5.40. The van der Waals surface area contributed by atoms with E-state index in [-0.39, 0.29) is 5.76 Å². The van der Waals surface area contributed by atoms with Crippen LogP contribution in [0.3, 0.4) is 0 Å². The van der Waals surface area contributed by atoms with Gasteiger partial charge in [0.2, 0.25) is 0 Å². The fraction of sp³-hybridized carbons (Fsp3) is 0.500. The molecule has 4 N–H and O–H groups in total. The molecule has 0 aliphatic carbocycles. The van der Waals surface area contributed by atoms with Gasteiger partial charge in [-0.1, -0.05) is 13.0 Å². The number of thiophene rings is 1. The van der Waals surface area contributed by atoms with Gasteiger partial charge in [0.15, 0.2) is 11.7 Å². The second-order valence-corrected chi connectivity index (χ2v) is 8.17. The van der Waals surface area contributed by atoms with Crippen LogP contribution in [0.1, 0.15) is 47.0 Å². The molecule has 0 aromatic carbocycles. The molecule has 2 aromatic rings. The first-order valence-electron chi connectivity index (χ1n) is 9.67. The zero-order valence-corrected chi connectivity index (χ0v) is 17.3. The Balaban J connectivity index is 1.57. The standard InChI is InChI=1S/C20H29N5O2S/c1-14-7-9-25(10-8-14)16(18-4-3-11-28-18)13-24-20(22-2)23-12-15-5-6-17(27-15)19(21)26/h3-6,11,14,16H,7-10,12-13H2,1-2H3,(H2,21,26)(H2,22,23,24). The van der Waals surface area contributed by atoms with E-state index < -0.39 is 5.91 Å². The summed E-state index contributed by atoms with van der Waals surface area (Å²) in [5.74, 6) is 1.74. The predicted molar refractivity (Wildman–Crippen MR) is 112 cm³/mol. The van der Waals surface area contributed by atoms with E-state index in [4.69, 9.17) is 10.2 Å². The number of likely N-dealkylation sites (tertiary alicyclic amines) is 1. The number of carbonyl (C=O) groups is 1. The number of carbonyl (C=O) groups excluding carboxylic acids is 1. The quantitative estimate of drug-likeness (QED) is 0.488. The molecular formula is C20H29N5O2S. The summed E-state index contributed by atoms with van der Waals surface area (Å²) in [5, 5.41) is 8.80. The van der Waals surface area contributed by atoms with Crippen LogP contribution in [-0.2, 0) is 6.54 Å². The summed E-state index contributed by atoms with van der Waals surface area (Å²) in [7, 11) is 1.75. The lowest BCUT2D eigenvalue weighted by Crippen LogP contribution is -2.44. The largest absolute Gasteiger partial charge is 0.454 e. The Hall–Kier alpha value is -2.32. The molecule has 1 saturated heterocycles. The lowest BCUT2D eigenvalue weighted by molar-refractivity contribution is 0.0972. The van der Waals surface area contributed by atoms with Gasteiger partial charge in [-0.3, -0.25) is 14.7 Å². The molecule has 0 saturated carbocycles. The molecule has 2 aromatic heterocycles. The minimum absolute atomic E-state index is 0.164. The van der Waals surface area contributed by atoms with Gasteiger partial charge in [0.05, 0.1) is 12.6 Å². The molecule has 7 nitrogen and oxygen atoms in total. The molecule has 0 radical (unpaired) electrons. The SMILES string of the molecule is CN=C(NCc1ccc(C(N)=O)o1)NCC(c1cccs1)N1CCC(C)CC1. The summed E-state index contributed by atoms with van der Waals surface area (Å²) in [4.78, 5) is 19.4. The molecule has 0 spiro atoms. The second kappa shape index (κ2) is 9.75. The Morgan fingerprint density at radius 3 is 2.75 bits per heavy atom. The third-order valence-electron chi connectivity index (χ3n) is 5.15. The van der Waals surface area contributed by atoms with Crippen LogP contribution < -0.4 is 16.4 Å². The number of rotatable bonds is 7. The van der Waals surface area contributed by atoms with Crippen LogP contribution in [-0.4, -0.2) is 43.4 Å². The normalized spacial score (nSPS) is 17.4. The summed E-state index contributed by atoms with van der Waals surface area (Å²) >= 11 is 1.80. The zero-order valence-electron chi connectivity index (χ0n) is 16.5. The molecule has 3 rings (SSSR count). The van der Waals surface area contributed by atoms with Crippen molar-refractivity contribution in [1.29, 1.82) is 0 Å². The maximum atomic E-state index is 11.1. The van der Waals surface area contributed by atoms with Gasteiger partial charge in [-0.2, -0.15) is 0 Å². The Morgan fingerprint density at radius 2 is 2.14 bits per heavy atom. The van der Waals surface area contributed by atoms with Crippen LogP contribution in [0.15, 0.2) is 39.1 Å². The highest BCUT2D eigenvalue weighted by Crippen LogP contribution is 2.29. The third-order valence-corrected chi connectivity index (χ3v) is 6.13. The number of piperidine rings is 1. The monoisotopic (exact) mass is 403 g/mol. The van der Waals surface area contributed by atoms with Gasteiger partial charge < -0.3 is 20.8 Å². The predicted octanol–water partition coefficient (Wildman–Crippen LogP) is 2.58. The van der Waals surface area contributed by atoms with E-state index in [2.05, 4.69) is 45.0 Å². The van der Waals surface area contributed by atoms with Gasteiger partial charge >= 0.3 is 0 Å². The summed E-state index contributed by atoms with van der Waals surface area (Å²) in [5.41, 5.74) is 5.22. The number of amides is 1. The maximum Gasteiger partial charge on any atom is 0.284 e. The maximum absolute atomic E-state index is 11.1. The molecule has 1 aliphatic heterocycles. The van der Waals surface area contributed by atoms with Crippen LogP contribution in [0, 0.1) is 5.92 Å². The van der Waals surface area contributed by atoms with E-state index >= 15 is 0 Å². The average Bonchev–Trinajstić information content (AvgIpc) is 3.38. The number of hydrogen-bond acceptors (Lipinski definition) is 5. The van der Waals surface area contributed by atoms with Crippen LogP contribution in [0.5, 0.6) is 0 Å². The Labute approximate surface area is 170 Å². The van der Waals surface area contributed by atoms with Crippen molar-refractivity contribution in [2.45, 2.75) is 32.4 Å². The molecule has 1 aliphatic rings. The van der Waals surface area contributed by atoms with Crippen molar-refractivity contribution >= 4 is 23.2 Å². The van der Waals surface area contributed by atoms with E-state index in [9.17, 15) is 4.79 Å². The van der Waals surface area contributed by atoms with Gasteiger partial charge in [0, 0.05) is 18.5 Å². The fourth-order valence-corrected chi connectivity index (χ4v) is 4.28. The van der Waals surface area contributed by atoms with Crippen LogP contribution in [0.2, 0.25) is 0 Å². The first kappa shape index (κ1) is 20.4. The van der Waals surface area contributed by atoms with E-state index in [0.29, 0.717) is 24.3 Å². The summed E-state index contributed by atoms with van der Waals surface area (Å²) in [6.45, 7) is 5.79. The average molecular weight is 404 g/mol. The number of nitrogens with one attached hydrogen (secondary N) is 2. The molecule has 3 heterocycles. The highest BCUT2D eigenvalue weighted by Gasteiger charge is 2.25. The number of aliphatic imine (C=N–C) groups is 1. The van der Waals surface area contributed by atoms with Crippen LogP contribution in [0.4, 0.5) is 0 Å². The van der Waals surface area contributed by atoms with E-state index in [1.807, 2.05) is 0 Å². The van der Waals surface area contributed by atoms with Crippen molar-refractivity contribution < 1.29 is 9.21 Å². The topological polar surface area (TPSA) is 95.9 Å². The summed E-state index contributed by atoms with van der Waals surface area (Å²) in [6, 6.07) is 7.97. The fourth-order valence-electron chi connectivity index (χ4n) is 3.42. The number of hydrogen-bond donors (Lipinski definition) is 3. The summed E-state index contributed by atoms with van der Waals surface area (Å²) in [6.07, 6.45) is 2.49. The Bertz CT molecular complexity index is 778. The van der Waals surface area contributed by atoms with Crippen molar-refractivity contribution in [1.82, 2.24) is 15.5 Å². The Morgan fingerprint density at radius 1 is 1.36 bits per heavy atom. The number of nitrogens with two attached hydrogens (primary N) is 1. The van der Waals surface area contributed by atoms with Gasteiger partial charge in [-0.25, -0.2) is 0 Å². The molecule has 0 bridgehead atoms. The van der Waals surface area contributed by atoms with E-state index in [0.717, 1.165) is 25.6 Å².